The van der Waals surface area contributed by atoms with E-state index in [2.05, 4.69) is 26.5 Å². The van der Waals surface area contributed by atoms with Crippen molar-refractivity contribution in [1.29, 1.82) is 0 Å². The zero-order valence-electron chi connectivity index (χ0n) is 19.6. The average Bonchev–Trinajstić information content (AvgIpc) is 2.84. The van der Waals surface area contributed by atoms with E-state index >= 15 is 0 Å². The Labute approximate surface area is 213 Å². The lowest BCUT2D eigenvalue weighted by atomic mass is 10.1. The molecule has 0 atom stereocenters. The van der Waals surface area contributed by atoms with Crippen LogP contribution in [0.3, 0.4) is 0 Å². The van der Waals surface area contributed by atoms with E-state index < -0.39 is 0 Å². The maximum Gasteiger partial charge on any atom is 0.238 e. The largest absolute Gasteiger partial charge is 0.412 e. The lowest BCUT2D eigenvalue weighted by molar-refractivity contribution is -0.118. The summed E-state index contributed by atoms with van der Waals surface area (Å²) in [6.45, 7) is 4.67. The zero-order chi connectivity index (χ0) is 23.3. The molecular formula is C25H31N5O3S2. The molecule has 3 heterocycles. The van der Waals surface area contributed by atoms with Crippen molar-refractivity contribution >= 4 is 68.5 Å². The average molecular weight is 514 g/mol. The van der Waals surface area contributed by atoms with Crippen molar-refractivity contribution in [3.8, 4) is 0 Å². The van der Waals surface area contributed by atoms with Crippen molar-refractivity contribution in [3.63, 3.8) is 0 Å². The summed E-state index contributed by atoms with van der Waals surface area (Å²) < 4.78 is 0. The first-order valence-corrected chi connectivity index (χ1v) is 14.0. The van der Waals surface area contributed by atoms with Gasteiger partial charge in [0.2, 0.25) is 11.8 Å². The Kier molecular flexibility index (Phi) is 8.85. The molecule has 0 radical (unpaired) electrons. The van der Waals surface area contributed by atoms with Crippen LogP contribution in [0.4, 0.5) is 11.4 Å². The van der Waals surface area contributed by atoms with E-state index in [-0.39, 0.29) is 17.3 Å². The summed E-state index contributed by atoms with van der Waals surface area (Å²) in [7, 11) is 0. The summed E-state index contributed by atoms with van der Waals surface area (Å²) in [5.74, 6) is 4.34. The molecule has 0 aliphatic carbocycles. The molecule has 35 heavy (non-hydrogen) atoms. The van der Waals surface area contributed by atoms with Crippen LogP contribution < -0.4 is 10.6 Å². The molecule has 0 spiro atoms. The third kappa shape index (κ3) is 6.86. The third-order valence-electron chi connectivity index (χ3n) is 6.12. The summed E-state index contributed by atoms with van der Waals surface area (Å²) in [4.78, 5) is 34.2. The fourth-order valence-electron chi connectivity index (χ4n) is 4.30. The van der Waals surface area contributed by atoms with Crippen molar-refractivity contribution in [2.24, 2.45) is 0 Å². The number of rotatable bonds is 6. The Hall–Kier alpha value is -2.37. The second-order valence-corrected chi connectivity index (χ2v) is 11.1. The molecular weight excluding hydrogens is 482 g/mol. The number of nitrogens with one attached hydrogen (secondary N) is 2. The number of pyridine rings is 1. The van der Waals surface area contributed by atoms with E-state index in [4.69, 9.17) is 4.98 Å². The van der Waals surface area contributed by atoms with Crippen LogP contribution in [0.15, 0.2) is 42.5 Å². The Balaban J connectivity index is 0.00000289. The first-order valence-electron chi connectivity index (χ1n) is 11.7. The number of carbonyl (C=O) groups excluding carboxylic acids is 2. The van der Waals surface area contributed by atoms with Gasteiger partial charge in [0.25, 0.3) is 0 Å². The number of carbonyl (C=O) groups is 2. The molecule has 10 heteroatoms. The van der Waals surface area contributed by atoms with E-state index in [1.165, 1.54) is 0 Å². The molecule has 5 rings (SSSR count). The Morgan fingerprint density at radius 1 is 0.714 bits per heavy atom. The highest BCUT2D eigenvalue weighted by molar-refractivity contribution is 7.99. The molecule has 4 N–H and O–H groups in total. The minimum absolute atomic E-state index is 0. The molecule has 2 fully saturated rings. The van der Waals surface area contributed by atoms with Gasteiger partial charge >= 0.3 is 0 Å². The number of hydrogen-bond acceptors (Lipinski definition) is 7. The molecule has 2 aliphatic heterocycles. The molecule has 2 aliphatic rings. The van der Waals surface area contributed by atoms with Gasteiger partial charge in [-0.15, -0.1) is 0 Å². The highest BCUT2D eigenvalue weighted by Crippen LogP contribution is 2.25. The fraction of sp³-hybridized carbons (Fsp3) is 0.400. The number of thioether (sulfide) groups is 2. The lowest BCUT2D eigenvalue weighted by Crippen LogP contribution is -2.38. The number of fused-ring (bicyclic) bond motifs is 2. The van der Waals surface area contributed by atoms with Crippen LogP contribution in [-0.2, 0) is 9.59 Å². The quantitative estimate of drug-likeness (QED) is 0.488. The van der Waals surface area contributed by atoms with Crippen molar-refractivity contribution in [3.05, 3.63) is 42.5 Å². The molecule has 186 valence electrons. The number of anilines is 2. The SMILES string of the molecule is O.O=C(CN1CCSCC1)Nc1ccc2cc3ccc(NC(=O)CN4CCSCC4)cc3nc2c1. The van der Waals surface area contributed by atoms with E-state index in [9.17, 15) is 9.59 Å². The molecule has 3 aromatic rings. The van der Waals surface area contributed by atoms with Crippen LogP contribution in [0, 0.1) is 0 Å². The Morgan fingerprint density at radius 3 is 1.57 bits per heavy atom. The number of hydrogen-bond donors (Lipinski definition) is 2. The number of aromatic nitrogens is 1. The van der Waals surface area contributed by atoms with Gasteiger partial charge in [-0.25, -0.2) is 4.98 Å². The van der Waals surface area contributed by atoms with Crippen molar-refractivity contribution in [1.82, 2.24) is 14.8 Å². The van der Waals surface area contributed by atoms with Gasteiger partial charge in [0.15, 0.2) is 0 Å². The predicted octanol–water partition coefficient (Wildman–Crippen LogP) is 2.54. The smallest absolute Gasteiger partial charge is 0.238 e. The van der Waals surface area contributed by atoms with Gasteiger partial charge in [0.1, 0.15) is 0 Å². The summed E-state index contributed by atoms with van der Waals surface area (Å²) in [6.07, 6.45) is 0. The molecule has 0 bridgehead atoms. The molecule has 0 unspecified atom stereocenters. The molecule has 2 amide bonds. The third-order valence-corrected chi connectivity index (χ3v) is 8.01. The second kappa shape index (κ2) is 12.0. The predicted molar refractivity (Wildman–Crippen MR) is 148 cm³/mol. The molecule has 8 nitrogen and oxygen atoms in total. The number of nitrogens with zero attached hydrogens (tertiary/aromatic N) is 3. The standard InChI is InChI=1S/C25H29N5O2S2.H2O/c31-24(16-29-5-9-33-10-6-29)26-20-3-1-18-13-19-2-4-21(15-23(19)28-22(18)14-20)27-25(32)17-30-7-11-34-12-8-30;/h1-4,13-15H,5-12,16-17H2,(H,26,31)(H,27,32);1H2. The first kappa shape index (κ1) is 25.7. The van der Waals surface area contributed by atoms with Crippen LogP contribution in [0.5, 0.6) is 0 Å². The van der Waals surface area contributed by atoms with Gasteiger partial charge in [-0.3, -0.25) is 19.4 Å². The van der Waals surface area contributed by atoms with E-state index in [0.717, 1.165) is 82.4 Å². The minimum Gasteiger partial charge on any atom is -0.412 e. The van der Waals surface area contributed by atoms with Gasteiger partial charge in [-0.2, -0.15) is 23.5 Å². The molecule has 0 saturated carbocycles. The van der Waals surface area contributed by atoms with Gasteiger partial charge in [0, 0.05) is 71.3 Å². The van der Waals surface area contributed by atoms with E-state index in [0.29, 0.717) is 13.1 Å². The Morgan fingerprint density at radius 2 is 1.14 bits per heavy atom. The molecule has 2 aromatic carbocycles. The van der Waals surface area contributed by atoms with Crippen LogP contribution in [-0.4, -0.2) is 94.4 Å². The second-order valence-electron chi connectivity index (χ2n) is 8.68. The number of benzene rings is 2. The highest BCUT2D eigenvalue weighted by atomic mass is 32.2. The van der Waals surface area contributed by atoms with Gasteiger partial charge in [-0.05, 0) is 30.3 Å². The molecule has 2 saturated heterocycles. The highest BCUT2D eigenvalue weighted by Gasteiger charge is 2.16. The maximum absolute atomic E-state index is 12.5. The topological polar surface area (TPSA) is 109 Å². The van der Waals surface area contributed by atoms with Crippen LogP contribution in [0.1, 0.15) is 0 Å². The van der Waals surface area contributed by atoms with Crippen LogP contribution in [0.25, 0.3) is 21.8 Å². The van der Waals surface area contributed by atoms with E-state index in [1.807, 2.05) is 59.9 Å². The van der Waals surface area contributed by atoms with Gasteiger partial charge < -0.3 is 16.1 Å². The summed E-state index contributed by atoms with van der Waals surface area (Å²) in [6, 6.07) is 13.7. The van der Waals surface area contributed by atoms with Gasteiger partial charge in [-0.1, -0.05) is 12.1 Å². The minimum atomic E-state index is 0. The fourth-order valence-corrected chi connectivity index (χ4v) is 6.26. The number of amides is 2. The Bertz CT molecular complexity index is 1110. The first-order chi connectivity index (χ1) is 16.6. The normalized spacial score (nSPS) is 17.1. The monoisotopic (exact) mass is 513 g/mol. The van der Waals surface area contributed by atoms with Gasteiger partial charge in [0.05, 0.1) is 24.1 Å². The van der Waals surface area contributed by atoms with E-state index in [1.54, 1.807) is 0 Å². The van der Waals surface area contributed by atoms with Crippen molar-refractivity contribution in [2.45, 2.75) is 0 Å². The lowest BCUT2D eigenvalue weighted by Gasteiger charge is -2.25. The van der Waals surface area contributed by atoms with Crippen LogP contribution in [0.2, 0.25) is 0 Å². The maximum atomic E-state index is 12.5. The van der Waals surface area contributed by atoms with Crippen molar-refractivity contribution in [2.75, 3.05) is 72.9 Å². The van der Waals surface area contributed by atoms with Crippen molar-refractivity contribution < 1.29 is 15.1 Å². The summed E-state index contributed by atoms with van der Waals surface area (Å²) >= 11 is 3.87. The summed E-state index contributed by atoms with van der Waals surface area (Å²) in [5.41, 5.74) is 3.13. The summed E-state index contributed by atoms with van der Waals surface area (Å²) in [5, 5.41) is 8.05. The zero-order valence-corrected chi connectivity index (χ0v) is 21.2. The van der Waals surface area contributed by atoms with Crippen LogP contribution >= 0.6 is 23.5 Å². The molecule has 1 aromatic heterocycles.